The van der Waals surface area contributed by atoms with Gasteiger partial charge >= 0.3 is 0 Å². The second kappa shape index (κ2) is 6.55. The fraction of sp³-hybridized carbons (Fsp3) is 0.857. The summed E-state index contributed by atoms with van der Waals surface area (Å²) in [4.78, 5) is 26.5. The number of hydrogen-bond donors (Lipinski definition) is 0. The van der Waals surface area contributed by atoms with Gasteiger partial charge in [0.1, 0.15) is 11.6 Å². The molecule has 1 spiro atoms. The van der Waals surface area contributed by atoms with Gasteiger partial charge in [0.15, 0.2) is 0 Å². The predicted molar refractivity (Wildman–Crippen MR) is 119 cm³/mol. The summed E-state index contributed by atoms with van der Waals surface area (Å²) >= 11 is 0. The molecule has 6 atom stereocenters. The predicted octanol–water partition coefficient (Wildman–Crippen LogP) is 6.53. The fourth-order valence-corrected chi connectivity index (χ4v) is 10.2. The Bertz CT molecular complexity index is 734. The molecule has 0 heterocycles. The number of hydrogen-bond acceptors (Lipinski definition) is 2. The lowest BCUT2D eigenvalue weighted by Gasteiger charge is -2.72. The van der Waals surface area contributed by atoms with Crippen molar-refractivity contribution in [1.29, 1.82) is 0 Å². The van der Waals surface area contributed by atoms with Crippen molar-refractivity contribution in [2.75, 3.05) is 0 Å². The van der Waals surface area contributed by atoms with Crippen molar-refractivity contribution in [3.63, 3.8) is 0 Å². The zero-order chi connectivity index (χ0) is 20.7. The van der Waals surface area contributed by atoms with Gasteiger partial charge in [-0.2, -0.15) is 0 Å². The van der Waals surface area contributed by atoms with Crippen LogP contribution in [0.4, 0.5) is 0 Å². The number of fused-ring (bicyclic) bond motifs is 9. The molecule has 164 valence electrons. The average Bonchev–Trinajstić information content (AvgIpc) is 3.30. The van der Waals surface area contributed by atoms with E-state index in [1.165, 1.54) is 70.6 Å². The molecule has 0 aromatic rings. The zero-order valence-corrected chi connectivity index (χ0v) is 19.1. The van der Waals surface area contributed by atoms with E-state index in [2.05, 4.69) is 26.0 Å². The summed E-state index contributed by atoms with van der Waals surface area (Å²) < 4.78 is 0. The van der Waals surface area contributed by atoms with E-state index < -0.39 is 0 Å². The first-order valence-electron chi connectivity index (χ1n) is 13.1. The molecule has 2 nitrogen and oxygen atoms in total. The third kappa shape index (κ3) is 2.43. The van der Waals surface area contributed by atoms with Crippen molar-refractivity contribution in [3.05, 3.63) is 12.2 Å². The Morgan fingerprint density at radius 2 is 1.33 bits per heavy atom. The number of rotatable bonds is 2. The van der Waals surface area contributed by atoms with E-state index >= 15 is 0 Å². The van der Waals surface area contributed by atoms with Crippen molar-refractivity contribution in [3.8, 4) is 0 Å². The van der Waals surface area contributed by atoms with E-state index in [0.29, 0.717) is 45.6 Å². The van der Waals surface area contributed by atoms with Gasteiger partial charge in [0.05, 0.1) is 5.92 Å². The standard InChI is InChI=1S/C28H40O2/c1-26-13-9-18(10-14-27(2,17-26)28(26)11-5-3-4-6-12-28)15-21-24(29)22-19-7-8-20(16-19)23(22)25(21)30/h7-8,18-23H,3-6,9-17H2,1-2H3. The van der Waals surface area contributed by atoms with Crippen molar-refractivity contribution >= 4 is 11.6 Å². The summed E-state index contributed by atoms with van der Waals surface area (Å²) in [5.41, 5.74) is 1.56. The number of allylic oxidation sites excluding steroid dienone is 2. The van der Waals surface area contributed by atoms with Crippen LogP contribution in [0.15, 0.2) is 12.2 Å². The van der Waals surface area contributed by atoms with Crippen LogP contribution >= 0.6 is 0 Å². The van der Waals surface area contributed by atoms with Gasteiger partial charge in [0.25, 0.3) is 0 Å². The molecule has 0 N–H and O–H groups in total. The van der Waals surface area contributed by atoms with Crippen molar-refractivity contribution < 1.29 is 9.59 Å². The Morgan fingerprint density at radius 1 is 0.800 bits per heavy atom. The lowest BCUT2D eigenvalue weighted by molar-refractivity contribution is -0.229. The molecule has 0 saturated heterocycles. The number of carbonyl (C=O) groups is 2. The number of ketones is 2. The van der Waals surface area contributed by atoms with Crippen LogP contribution in [0.5, 0.6) is 0 Å². The van der Waals surface area contributed by atoms with Gasteiger partial charge in [-0.3, -0.25) is 9.59 Å². The molecule has 0 aliphatic heterocycles. The summed E-state index contributed by atoms with van der Waals surface area (Å²) in [5.74, 6) is 1.80. The van der Waals surface area contributed by atoms with E-state index in [1.54, 1.807) is 0 Å². The van der Waals surface area contributed by atoms with Crippen molar-refractivity contribution in [2.24, 2.45) is 51.8 Å². The highest BCUT2D eigenvalue weighted by atomic mass is 16.2. The first-order valence-corrected chi connectivity index (χ1v) is 13.1. The Labute approximate surface area is 182 Å². The van der Waals surface area contributed by atoms with Crippen LogP contribution in [0.25, 0.3) is 0 Å². The second-order valence-corrected chi connectivity index (χ2v) is 12.8. The van der Waals surface area contributed by atoms with Gasteiger partial charge in [0.2, 0.25) is 0 Å². The Balaban J connectivity index is 1.18. The van der Waals surface area contributed by atoms with Crippen LogP contribution < -0.4 is 0 Å². The molecule has 7 aliphatic carbocycles. The highest BCUT2D eigenvalue weighted by Gasteiger charge is 2.68. The molecule has 2 heteroatoms. The molecule has 6 unspecified atom stereocenters. The maximum absolute atomic E-state index is 13.2. The van der Waals surface area contributed by atoms with Gasteiger partial charge in [0, 0.05) is 11.8 Å². The largest absolute Gasteiger partial charge is 0.299 e. The molecule has 4 bridgehead atoms. The van der Waals surface area contributed by atoms with E-state index in [1.807, 2.05) is 0 Å². The maximum atomic E-state index is 13.2. The quantitative estimate of drug-likeness (QED) is 0.384. The molecule has 0 aromatic carbocycles. The summed E-state index contributed by atoms with van der Waals surface area (Å²) in [6.07, 6.45) is 21.5. The Morgan fingerprint density at radius 3 is 1.87 bits per heavy atom. The molecular weight excluding hydrogens is 368 g/mol. The third-order valence-corrected chi connectivity index (χ3v) is 11.6. The second-order valence-electron chi connectivity index (χ2n) is 12.8. The molecule has 0 amide bonds. The fourth-order valence-electron chi connectivity index (χ4n) is 10.2. The minimum atomic E-state index is -0.265. The summed E-state index contributed by atoms with van der Waals surface area (Å²) in [6.45, 7) is 5.20. The summed E-state index contributed by atoms with van der Waals surface area (Å²) in [5, 5.41) is 0. The van der Waals surface area contributed by atoms with Gasteiger partial charge < -0.3 is 0 Å². The van der Waals surface area contributed by atoms with E-state index in [-0.39, 0.29) is 17.8 Å². The maximum Gasteiger partial charge on any atom is 0.147 e. The highest BCUT2D eigenvalue weighted by molar-refractivity contribution is 6.12. The van der Waals surface area contributed by atoms with Crippen LogP contribution in [-0.2, 0) is 9.59 Å². The number of Topliss-reactive ketones (excluding diaryl/α,β-unsaturated/α-hetero) is 2. The first-order chi connectivity index (χ1) is 14.4. The summed E-state index contributed by atoms with van der Waals surface area (Å²) in [7, 11) is 0. The third-order valence-electron chi connectivity index (χ3n) is 11.6. The van der Waals surface area contributed by atoms with E-state index in [0.717, 1.165) is 12.8 Å². The van der Waals surface area contributed by atoms with E-state index in [9.17, 15) is 9.59 Å². The van der Waals surface area contributed by atoms with Crippen LogP contribution in [0, 0.1) is 51.8 Å². The normalized spacial score (nSPS) is 51.4. The minimum absolute atomic E-state index is 0.0451. The zero-order valence-electron chi connectivity index (χ0n) is 19.1. The minimum Gasteiger partial charge on any atom is -0.299 e. The molecule has 0 aromatic heterocycles. The van der Waals surface area contributed by atoms with Crippen LogP contribution in [-0.4, -0.2) is 11.6 Å². The lowest BCUT2D eigenvalue weighted by atomic mass is 9.32. The number of carbonyl (C=O) groups excluding carboxylic acids is 2. The van der Waals surface area contributed by atoms with Crippen molar-refractivity contribution in [2.45, 2.75) is 97.3 Å². The first kappa shape index (κ1) is 19.7. The smallest absolute Gasteiger partial charge is 0.147 e. The van der Waals surface area contributed by atoms with Gasteiger partial charge in [-0.05, 0) is 91.8 Å². The summed E-state index contributed by atoms with van der Waals surface area (Å²) in [6, 6.07) is 0. The Kier molecular flexibility index (Phi) is 4.31. The highest BCUT2D eigenvalue weighted by Crippen LogP contribution is 2.76. The van der Waals surface area contributed by atoms with Crippen LogP contribution in [0.3, 0.4) is 0 Å². The van der Waals surface area contributed by atoms with Gasteiger partial charge in [-0.25, -0.2) is 0 Å². The lowest BCUT2D eigenvalue weighted by Crippen LogP contribution is -2.64. The molecule has 7 rings (SSSR count). The molecule has 6 saturated carbocycles. The van der Waals surface area contributed by atoms with Crippen molar-refractivity contribution in [1.82, 2.24) is 0 Å². The molecular formula is C28H40O2. The van der Waals surface area contributed by atoms with Crippen LogP contribution in [0.2, 0.25) is 0 Å². The van der Waals surface area contributed by atoms with Crippen LogP contribution in [0.1, 0.15) is 97.3 Å². The Hall–Kier alpha value is -0.920. The topological polar surface area (TPSA) is 34.1 Å². The monoisotopic (exact) mass is 408 g/mol. The molecule has 7 aliphatic rings. The van der Waals surface area contributed by atoms with Gasteiger partial charge in [-0.15, -0.1) is 0 Å². The van der Waals surface area contributed by atoms with Gasteiger partial charge in [-0.1, -0.05) is 51.7 Å². The average molecular weight is 409 g/mol. The SMILES string of the molecule is CC12CCC(CC3C(=O)C4C5C=CC(C5)C4C3=O)CCC(C)(C1)C21CCCCCC1. The van der Waals surface area contributed by atoms with E-state index in [4.69, 9.17) is 0 Å². The molecule has 6 fully saturated rings. The molecule has 30 heavy (non-hydrogen) atoms. The molecule has 0 radical (unpaired) electrons.